The fourth-order valence-corrected chi connectivity index (χ4v) is 4.18. The van der Waals surface area contributed by atoms with E-state index >= 15 is 0 Å². The number of tetrazole rings is 1. The number of aryl methyl sites for hydroxylation is 1. The Morgan fingerprint density at radius 1 is 1.07 bits per heavy atom. The molecule has 1 aliphatic rings. The first-order chi connectivity index (χ1) is 13.5. The third kappa shape index (κ3) is 2.61. The molecule has 7 heteroatoms. The van der Waals surface area contributed by atoms with Crippen molar-refractivity contribution in [2.45, 2.75) is 50.9 Å². The van der Waals surface area contributed by atoms with Gasteiger partial charge >= 0.3 is 0 Å². The SMILES string of the molecule is Cc1ccc(C2(c3nnc4c(C(C)(C)Cc5nnn[nH]5)cccn34)CC2)cc1. The number of H-pyrrole nitrogens is 1. The molecule has 142 valence electrons. The highest BCUT2D eigenvalue weighted by Gasteiger charge is 2.49. The van der Waals surface area contributed by atoms with Crippen molar-refractivity contribution in [3.05, 3.63) is 70.9 Å². The first kappa shape index (κ1) is 17.0. The van der Waals surface area contributed by atoms with Crippen LogP contribution in [0.3, 0.4) is 0 Å². The second-order valence-electron chi connectivity index (χ2n) is 8.50. The van der Waals surface area contributed by atoms with Gasteiger partial charge in [0, 0.05) is 23.6 Å². The third-order valence-electron chi connectivity index (χ3n) is 5.94. The van der Waals surface area contributed by atoms with E-state index in [0.717, 1.165) is 35.7 Å². The van der Waals surface area contributed by atoms with Gasteiger partial charge in [0.2, 0.25) is 0 Å². The normalized spacial score (nSPS) is 15.8. The Morgan fingerprint density at radius 3 is 2.54 bits per heavy atom. The smallest absolute Gasteiger partial charge is 0.164 e. The standard InChI is InChI=1S/C21H23N7/c1-14-6-8-15(9-7-14)21(10-11-21)19-25-24-18-16(5-4-12-28(18)19)20(2,3)13-17-22-26-27-23-17/h4-9,12H,10-11,13H2,1-3H3,(H,22,23,26,27). The Kier molecular flexibility index (Phi) is 3.62. The van der Waals surface area contributed by atoms with Gasteiger partial charge in [-0.3, -0.25) is 4.40 Å². The summed E-state index contributed by atoms with van der Waals surface area (Å²) >= 11 is 0. The molecule has 1 N–H and O–H groups in total. The predicted octanol–water partition coefficient (Wildman–Crippen LogP) is 3.15. The van der Waals surface area contributed by atoms with E-state index in [4.69, 9.17) is 0 Å². The van der Waals surface area contributed by atoms with Gasteiger partial charge in [-0.15, -0.1) is 15.3 Å². The zero-order valence-corrected chi connectivity index (χ0v) is 16.3. The van der Waals surface area contributed by atoms with E-state index in [1.807, 2.05) is 0 Å². The molecular weight excluding hydrogens is 350 g/mol. The quantitative estimate of drug-likeness (QED) is 0.581. The van der Waals surface area contributed by atoms with E-state index in [1.54, 1.807) is 0 Å². The number of hydrogen-bond donors (Lipinski definition) is 1. The molecule has 1 aliphatic carbocycles. The van der Waals surface area contributed by atoms with Crippen LogP contribution in [0.2, 0.25) is 0 Å². The number of pyridine rings is 1. The van der Waals surface area contributed by atoms with E-state index < -0.39 is 0 Å². The van der Waals surface area contributed by atoms with Gasteiger partial charge in [0.15, 0.2) is 5.65 Å². The second kappa shape index (κ2) is 5.95. The van der Waals surface area contributed by atoms with Gasteiger partial charge in [-0.2, -0.15) is 0 Å². The molecule has 3 aromatic heterocycles. The van der Waals surface area contributed by atoms with Crippen molar-refractivity contribution < 1.29 is 0 Å². The maximum absolute atomic E-state index is 4.66. The number of benzene rings is 1. The highest BCUT2D eigenvalue weighted by atomic mass is 15.5. The zero-order valence-electron chi connectivity index (χ0n) is 16.3. The van der Waals surface area contributed by atoms with E-state index in [-0.39, 0.29) is 10.8 Å². The first-order valence-electron chi connectivity index (χ1n) is 9.64. The second-order valence-corrected chi connectivity index (χ2v) is 8.50. The minimum atomic E-state index is -0.186. The summed E-state index contributed by atoms with van der Waals surface area (Å²) in [5.41, 5.74) is 4.44. The van der Waals surface area contributed by atoms with Crippen molar-refractivity contribution >= 4 is 5.65 Å². The minimum absolute atomic E-state index is 0.0231. The lowest BCUT2D eigenvalue weighted by molar-refractivity contribution is 0.508. The summed E-state index contributed by atoms with van der Waals surface area (Å²) in [7, 11) is 0. The number of hydrogen-bond acceptors (Lipinski definition) is 5. The molecule has 0 aliphatic heterocycles. The highest BCUT2D eigenvalue weighted by Crippen LogP contribution is 2.52. The molecule has 28 heavy (non-hydrogen) atoms. The topological polar surface area (TPSA) is 84.7 Å². The minimum Gasteiger partial charge on any atom is -0.285 e. The average Bonchev–Trinajstić information content (AvgIpc) is 3.11. The lowest BCUT2D eigenvalue weighted by atomic mass is 9.81. The number of aromatic nitrogens is 7. The zero-order chi connectivity index (χ0) is 19.4. The Bertz CT molecular complexity index is 1120. The summed E-state index contributed by atoms with van der Waals surface area (Å²) in [6.07, 6.45) is 4.99. The van der Waals surface area contributed by atoms with Gasteiger partial charge in [-0.25, -0.2) is 5.10 Å². The number of aromatic amines is 1. The van der Waals surface area contributed by atoms with Crippen LogP contribution >= 0.6 is 0 Å². The van der Waals surface area contributed by atoms with Crippen molar-refractivity contribution in [1.29, 1.82) is 0 Å². The summed E-state index contributed by atoms with van der Waals surface area (Å²) in [5, 5.41) is 23.6. The molecule has 0 unspecified atom stereocenters. The molecule has 1 fully saturated rings. The number of nitrogens with zero attached hydrogens (tertiary/aromatic N) is 6. The molecule has 3 heterocycles. The molecule has 1 aromatic carbocycles. The van der Waals surface area contributed by atoms with Gasteiger partial charge in [0.1, 0.15) is 11.6 Å². The van der Waals surface area contributed by atoms with Crippen LogP contribution in [0.4, 0.5) is 0 Å². The summed E-state index contributed by atoms with van der Waals surface area (Å²) < 4.78 is 2.17. The Labute approximate surface area is 163 Å². The van der Waals surface area contributed by atoms with Crippen molar-refractivity contribution in [2.24, 2.45) is 0 Å². The maximum atomic E-state index is 4.66. The van der Waals surface area contributed by atoms with Crippen LogP contribution in [0.25, 0.3) is 5.65 Å². The molecule has 0 spiro atoms. The monoisotopic (exact) mass is 373 g/mol. The van der Waals surface area contributed by atoms with Crippen LogP contribution in [0.15, 0.2) is 42.6 Å². The summed E-state index contributed by atoms with van der Waals surface area (Å²) in [5.74, 6) is 1.80. The van der Waals surface area contributed by atoms with E-state index in [1.165, 1.54) is 11.1 Å². The molecule has 0 bridgehead atoms. The van der Waals surface area contributed by atoms with Crippen LogP contribution in [0.1, 0.15) is 55.0 Å². The van der Waals surface area contributed by atoms with Crippen LogP contribution in [0.5, 0.6) is 0 Å². The molecule has 1 saturated carbocycles. The van der Waals surface area contributed by atoms with Crippen LogP contribution in [-0.2, 0) is 17.3 Å². The molecule has 0 atom stereocenters. The summed E-state index contributed by atoms with van der Waals surface area (Å²) in [6, 6.07) is 13.0. The van der Waals surface area contributed by atoms with E-state index in [2.05, 4.69) is 98.6 Å². The highest BCUT2D eigenvalue weighted by molar-refractivity contribution is 5.54. The molecule has 7 nitrogen and oxygen atoms in total. The van der Waals surface area contributed by atoms with Crippen LogP contribution in [-0.4, -0.2) is 35.2 Å². The fraction of sp³-hybridized carbons (Fsp3) is 0.381. The van der Waals surface area contributed by atoms with Gasteiger partial charge in [-0.1, -0.05) is 49.7 Å². The van der Waals surface area contributed by atoms with Crippen LogP contribution in [0, 0.1) is 6.92 Å². The van der Waals surface area contributed by atoms with Crippen LogP contribution < -0.4 is 0 Å². The molecule has 4 aromatic rings. The molecule has 0 amide bonds. The summed E-state index contributed by atoms with van der Waals surface area (Å²) in [6.45, 7) is 6.49. The van der Waals surface area contributed by atoms with Gasteiger partial charge < -0.3 is 0 Å². The number of nitrogens with one attached hydrogen (secondary N) is 1. The largest absolute Gasteiger partial charge is 0.285 e. The van der Waals surface area contributed by atoms with Crippen molar-refractivity contribution in [2.75, 3.05) is 0 Å². The number of fused-ring (bicyclic) bond motifs is 1. The van der Waals surface area contributed by atoms with Gasteiger partial charge in [0.25, 0.3) is 0 Å². The lowest BCUT2D eigenvalue weighted by Crippen LogP contribution is -2.23. The molecule has 0 radical (unpaired) electrons. The average molecular weight is 373 g/mol. The fourth-order valence-electron chi connectivity index (χ4n) is 4.18. The van der Waals surface area contributed by atoms with Crippen molar-refractivity contribution in [1.82, 2.24) is 35.2 Å². The van der Waals surface area contributed by atoms with E-state index in [0.29, 0.717) is 6.42 Å². The summed E-state index contributed by atoms with van der Waals surface area (Å²) in [4.78, 5) is 0. The molecular formula is C21H23N7. The third-order valence-corrected chi connectivity index (χ3v) is 5.94. The maximum Gasteiger partial charge on any atom is 0.164 e. The Balaban J connectivity index is 1.59. The van der Waals surface area contributed by atoms with Gasteiger partial charge in [-0.05, 0) is 41.8 Å². The molecule has 0 saturated heterocycles. The predicted molar refractivity (Wildman–Crippen MR) is 105 cm³/mol. The Morgan fingerprint density at radius 2 is 1.86 bits per heavy atom. The lowest BCUT2D eigenvalue weighted by Gasteiger charge is -2.24. The van der Waals surface area contributed by atoms with Gasteiger partial charge in [0.05, 0.1) is 5.41 Å². The van der Waals surface area contributed by atoms with E-state index in [9.17, 15) is 0 Å². The van der Waals surface area contributed by atoms with Crippen molar-refractivity contribution in [3.8, 4) is 0 Å². The van der Waals surface area contributed by atoms with Crippen molar-refractivity contribution in [3.63, 3.8) is 0 Å². The molecule has 5 rings (SSSR count). The first-order valence-corrected chi connectivity index (χ1v) is 9.64. The Hall–Kier alpha value is -3.09. The number of rotatable bonds is 5.